The van der Waals surface area contributed by atoms with Crippen molar-refractivity contribution in [1.29, 1.82) is 0 Å². The van der Waals surface area contributed by atoms with Crippen LogP contribution in [0.25, 0.3) is 21.8 Å². The zero-order valence-corrected chi connectivity index (χ0v) is 12.8. The monoisotopic (exact) mass is 366 g/mol. The fraction of sp³-hybridized carbons (Fsp3) is 0. The second-order valence-corrected chi connectivity index (χ2v) is 5.98. The molecule has 2 heterocycles. The summed E-state index contributed by atoms with van der Waals surface area (Å²) in [7, 11) is 0. The van der Waals surface area contributed by atoms with E-state index in [1.54, 1.807) is 12.3 Å². The molecule has 4 nitrogen and oxygen atoms in total. The molecular weight excluding hydrogens is 359 g/mol. The van der Waals surface area contributed by atoms with E-state index < -0.39 is 5.97 Å². The van der Waals surface area contributed by atoms with Crippen molar-refractivity contribution in [3.05, 3.63) is 51.8 Å². The van der Waals surface area contributed by atoms with Crippen molar-refractivity contribution in [3.63, 3.8) is 0 Å². The predicted octanol–water partition coefficient (Wildman–Crippen LogP) is 4.41. The number of H-pyrrole nitrogens is 1. The molecule has 7 heteroatoms. The Bertz CT molecular complexity index is 828. The number of carboxylic acid groups (broad SMARTS) is 1. The minimum atomic E-state index is -1.02. The molecule has 3 aromatic rings. The number of aromatic carboxylic acids is 1. The molecule has 0 bridgehead atoms. The van der Waals surface area contributed by atoms with Crippen LogP contribution in [-0.2, 0) is 0 Å². The van der Waals surface area contributed by atoms with Crippen molar-refractivity contribution >= 4 is 33.2 Å². The number of carboxylic acids is 1. The average molecular weight is 367 g/mol. The van der Waals surface area contributed by atoms with Crippen LogP contribution in [0.2, 0.25) is 0 Å². The Hall–Kier alpha value is -1.99. The second-order valence-electron chi connectivity index (χ2n) is 4.27. The summed E-state index contributed by atoms with van der Waals surface area (Å²) in [5.74, 6) is -1.36. The first-order valence-corrected chi connectivity index (χ1v) is 7.55. The number of carbonyl (C=O) groups is 1. The topological polar surface area (TPSA) is 66.0 Å². The van der Waals surface area contributed by atoms with Gasteiger partial charge in [0, 0.05) is 27.2 Å². The van der Waals surface area contributed by atoms with Crippen LogP contribution < -0.4 is 0 Å². The first kappa shape index (κ1) is 14.0. The number of hydrogen-bond donors (Lipinski definition) is 2. The molecule has 0 aliphatic heterocycles. The minimum Gasteiger partial charge on any atom is -0.477 e. The average Bonchev–Trinajstić information content (AvgIpc) is 3.09. The van der Waals surface area contributed by atoms with Crippen LogP contribution in [0.3, 0.4) is 0 Å². The van der Waals surface area contributed by atoms with Gasteiger partial charge in [-0.25, -0.2) is 14.2 Å². The highest BCUT2D eigenvalue weighted by Crippen LogP contribution is 2.34. The maximum atomic E-state index is 13.3. The molecule has 0 amide bonds. The van der Waals surface area contributed by atoms with Crippen LogP contribution in [0.15, 0.2) is 40.3 Å². The third-order valence-electron chi connectivity index (χ3n) is 2.87. The van der Waals surface area contributed by atoms with Gasteiger partial charge in [0.15, 0.2) is 0 Å². The van der Waals surface area contributed by atoms with Gasteiger partial charge in [-0.1, -0.05) is 15.9 Å². The Labute approximate surface area is 131 Å². The van der Waals surface area contributed by atoms with Gasteiger partial charge in [-0.3, -0.25) is 0 Å². The number of rotatable bonds is 3. The largest absolute Gasteiger partial charge is 0.477 e. The molecule has 0 aliphatic rings. The molecule has 0 aliphatic carbocycles. The van der Waals surface area contributed by atoms with Gasteiger partial charge in [0.2, 0.25) is 0 Å². The van der Waals surface area contributed by atoms with E-state index in [1.165, 1.54) is 29.5 Å². The molecule has 0 unspecified atom stereocenters. The number of benzene rings is 1. The SMILES string of the molecule is O=C(O)c1cc(-c2csc(-c3cc(F)ccc3Br)n2)c[nH]1. The van der Waals surface area contributed by atoms with E-state index in [4.69, 9.17) is 5.11 Å². The Morgan fingerprint density at radius 2 is 2.19 bits per heavy atom. The highest BCUT2D eigenvalue weighted by atomic mass is 79.9. The number of aromatic amines is 1. The van der Waals surface area contributed by atoms with E-state index in [9.17, 15) is 9.18 Å². The Balaban J connectivity index is 1.99. The zero-order chi connectivity index (χ0) is 15.0. The predicted molar refractivity (Wildman–Crippen MR) is 82.0 cm³/mol. The molecule has 21 heavy (non-hydrogen) atoms. The van der Waals surface area contributed by atoms with Gasteiger partial charge in [-0.2, -0.15) is 0 Å². The van der Waals surface area contributed by atoms with Crippen molar-refractivity contribution in [2.75, 3.05) is 0 Å². The lowest BCUT2D eigenvalue weighted by atomic mass is 10.2. The van der Waals surface area contributed by atoms with E-state index in [2.05, 4.69) is 25.9 Å². The van der Waals surface area contributed by atoms with E-state index in [-0.39, 0.29) is 11.5 Å². The lowest BCUT2D eigenvalue weighted by molar-refractivity contribution is 0.0691. The fourth-order valence-corrected chi connectivity index (χ4v) is 3.28. The van der Waals surface area contributed by atoms with E-state index in [1.807, 2.05) is 5.38 Å². The van der Waals surface area contributed by atoms with Crippen molar-refractivity contribution < 1.29 is 14.3 Å². The van der Waals surface area contributed by atoms with Gasteiger partial charge in [0.1, 0.15) is 16.5 Å². The summed E-state index contributed by atoms with van der Waals surface area (Å²) in [6.07, 6.45) is 1.59. The smallest absolute Gasteiger partial charge is 0.352 e. The third-order valence-corrected chi connectivity index (χ3v) is 4.44. The van der Waals surface area contributed by atoms with Crippen LogP contribution in [0.5, 0.6) is 0 Å². The Kier molecular flexibility index (Phi) is 3.60. The molecule has 0 fully saturated rings. The van der Waals surface area contributed by atoms with Crippen LogP contribution in [0.1, 0.15) is 10.5 Å². The van der Waals surface area contributed by atoms with Gasteiger partial charge >= 0.3 is 5.97 Å². The van der Waals surface area contributed by atoms with E-state index >= 15 is 0 Å². The second kappa shape index (κ2) is 5.42. The summed E-state index contributed by atoms with van der Waals surface area (Å²) in [6, 6.07) is 5.92. The maximum absolute atomic E-state index is 13.3. The van der Waals surface area contributed by atoms with Gasteiger partial charge in [-0.15, -0.1) is 11.3 Å². The van der Waals surface area contributed by atoms with Crippen molar-refractivity contribution in [3.8, 4) is 21.8 Å². The maximum Gasteiger partial charge on any atom is 0.352 e. The Morgan fingerprint density at radius 3 is 2.90 bits per heavy atom. The minimum absolute atomic E-state index is 0.103. The number of hydrogen-bond acceptors (Lipinski definition) is 3. The molecule has 106 valence electrons. The molecule has 0 spiro atoms. The summed E-state index contributed by atoms with van der Waals surface area (Å²) in [6.45, 7) is 0. The first-order valence-electron chi connectivity index (χ1n) is 5.87. The molecule has 0 saturated heterocycles. The summed E-state index contributed by atoms with van der Waals surface area (Å²) in [5.41, 5.74) is 2.10. The lowest BCUT2D eigenvalue weighted by Gasteiger charge is -2.00. The summed E-state index contributed by atoms with van der Waals surface area (Å²) in [5, 5.41) is 11.4. The van der Waals surface area contributed by atoms with Crippen LogP contribution in [0.4, 0.5) is 4.39 Å². The van der Waals surface area contributed by atoms with Crippen LogP contribution in [0, 0.1) is 5.82 Å². The van der Waals surface area contributed by atoms with Gasteiger partial charge in [0.25, 0.3) is 0 Å². The fourth-order valence-electron chi connectivity index (χ4n) is 1.86. The third kappa shape index (κ3) is 2.74. The van der Waals surface area contributed by atoms with Crippen LogP contribution >= 0.6 is 27.3 Å². The molecule has 3 rings (SSSR count). The number of aromatic nitrogens is 2. The highest BCUT2D eigenvalue weighted by Gasteiger charge is 2.13. The lowest BCUT2D eigenvalue weighted by Crippen LogP contribution is -1.94. The van der Waals surface area contributed by atoms with Crippen molar-refractivity contribution in [2.45, 2.75) is 0 Å². The number of halogens is 2. The van der Waals surface area contributed by atoms with Crippen molar-refractivity contribution in [1.82, 2.24) is 9.97 Å². The summed E-state index contributed by atoms with van der Waals surface area (Å²) in [4.78, 5) is 18.0. The van der Waals surface area contributed by atoms with Crippen LogP contribution in [-0.4, -0.2) is 21.0 Å². The Morgan fingerprint density at radius 1 is 1.38 bits per heavy atom. The molecule has 0 radical (unpaired) electrons. The van der Waals surface area contributed by atoms with Gasteiger partial charge < -0.3 is 10.1 Å². The number of nitrogens with zero attached hydrogens (tertiary/aromatic N) is 1. The normalized spacial score (nSPS) is 10.8. The van der Waals surface area contributed by atoms with Crippen molar-refractivity contribution in [2.24, 2.45) is 0 Å². The summed E-state index contributed by atoms with van der Waals surface area (Å²) >= 11 is 4.74. The molecule has 0 saturated carbocycles. The molecule has 2 aromatic heterocycles. The van der Waals surface area contributed by atoms with E-state index in [0.717, 1.165) is 4.47 Å². The van der Waals surface area contributed by atoms with Gasteiger partial charge in [0.05, 0.1) is 5.69 Å². The number of nitrogens with one attached hydrogen (secondary N) is 1. The molecular formula is C14H8BrFN2O2S. The first-order chi connectivity index (χ1) is 10.0. The molecule has 2 N–H and O–H groups in total. The quantitative estimate of drug-likeness (QED) is 0.721. The standard InChI is InChI=1S/C14H8BrFN2O2S/c15-10-2-1-8(16)4-9(10)13-18-12(6-21-13)7-3-11(14(19)20)17-5-7/h1-6,17H,(H,19,20). The van der Waals surface area contributed by atoms with E-state index in [0.29, 0.717) is 21.8 Å². The van der Waals surface area contributed by atoms with Gasteiger partial charge in [-0.05, 0) is 24.3 Å². The summed E-state index contributed by atoms with van der Waals surface area (Å²) < 4.78 is 14.1. The molecule has 0 atom stereocenters. The highest BCUT2D eigenvalue weighted by molar-refractivity contribution is 9.10. The zero-order valence-electron chi connectivity index (χ0n) is 10.4. The molecule has 1 aromatic carbocycles. The number of thiazole rings is 1.